The molecule has 0 spiro atoms. The minimum Gasteiger partial charge on any atom is -0.493 e. The van der Waals surface area contributed by atoms with Gasteiger partial charge in [-0.2, -0.15) is 0 Å². The zero-order valence-electron chi connectivity index (χ0n) is 10.9. The molecule has 0 radical (unpaired) electrons. The lowest BCUT2D eigenvalue weighted by atomic mass is 9.92. The molecule has 2 nitrogen and oxygen atoms in total. The fourth-order valence-corrected chi connectivity index (χ4v) is 3.37. The first-order valence-electron chi connectivity index (χ1n) is 7.27. The molecule has 1 heterocycles. The first kappa shape index (κ1) is 12.0. The summed E-state index contributed by atoms with van der Waals surface area (Å²) in [6.45, 7) is 0.792. The smallest absolute Gasteiger partial charge is 0.128 e. The van der Waals surface area contributed by atoms with E-state index in [9.17, 15) is 5.11 Å². The van der Waals surface area contributed by atoms with E-state index < -0.39 is 0 Å². The van der Waals surface area contributed by atoms with Crippen molar-refractivity contribution >= 4 is 0 Å². The largest absolute Gasteiger partial charge is 0.493 e. The van der Waals surface area contributed by atoms with Crippen LogP contribution in [-0.2, 0) is 6.42 Å². The molecule has 1 aromatic carbocycles. The normalized spacial score (nSPS) is 21.4. The van der Waals surface area contributed by atoms with Crippen LogP contribution in [0.15, 0.2) is 18.2 Å². The molecule has 1 saturated carbocycles. The Morgan fingerprint density at radius 3 is 2.89 bits per heavy atom. The van der Waals surface area contributed by atoms with Gasteiger partial charge in [0, 0.05) is 5.56 Å². The molecule has 98 valence electrons. The number of aryl methyl sites for hydroxylation is 1. The van der Waals surface area contributed by atoms with Crippen molar-refractivity contribution in [2.45, 2.75) is 51.0 Å². The van der Waals surface area contributed by atoms with Crippen LogP contribution in [0.5, 0.6) is 5.75 Å². The molecule has 1 unspecified atom stereocenters. The van der Waals surface area contributed by atoms with Gasteiger partial charge >= 0.3 is 0 Å². The third kappa shape index (κ3) is 2.39. The van der Waals surface area contributed by atoms with Gasteiger partial charge < -0.3 is 9.84 Å². The average molecular weight is 246 g/mol. The van der Waals surface area contributed by atoms with E-state index in [1.807, 2.05) is 6.07 Å². The average Bonchev–Trinajstić information content (AvgIpc) is 2.91. The van der Waals surface area contributed by atoms with E-state index in [1.165, 1.54) is 31.2 Å². The monoisotopic (exact) mass is 246 g/mol. The summed E-state index contributed by atoms with van der Waals surface area (Å²) in [4.78, 5) is 0. The number of hydrogen-bond acceptors (Lipinski definition) is 2. The lowest BCUT2D eigenvalue weighted by Crippen LogP contribution is -2.13. The molecule has 1 fully saturated rings. The summed E-state index contributed by atoms with van der Waals surface area (Å²) in [6.07, 6.45) is 7.97. The molecule has 0 saturated heterocycles. The molecule has 0 aromatic heterocycles. The van der Waals surface area contributed by atoms with Gasteiger partial charge in [0.25, 0.3) is 0 Å². The fraction of sp³-hybridized carbons (Fsp3) is 0.625. The van der Waals surface area contributed by atoms with E-state index in [0.717, 1.165) is 37.2 Å². The minimum absolute atomic E-state index is 0.346. The number of para-hydroxylation sites is 1. The molecular weight excluding hydrogens is 224 g/mol. The lowest BCUT2D eigenvalue weighted by molar-refractivity contribution is 0.138. The molecule has 1 aromatic rings. The second-order valence-electron chi connectivity index (χ2n) is 5.69. The highest BCUT2D eigenvalue weighted by molar-refractivity contribution is 5.44. The van der Waals surface area contributed by atoms with Crippen LogP contribution in [0.4, 0.5) is 0 Å². The second kappa shape index (κ2) is 5.31. The lowest BCUT2D eigenvalue weighted by Gasteiger charge is -2.24. The maximum absolute atomic E-state index is 10.5. The summed E-state index contributed by atoms with van der Waals surface area (Å²) in [7, 11) is 0. The van der Waals surface area contributed by atoms with Crippen molar-refractivity contribution in [1.82, 2.24) is 0 Å². The summed E-state index contributed by atoms with van der Waals surface area (Å²) in [5.74, 6) is 1.67. The van der Waals surface area contributed by atoms with Crippen LogP contribution in [0.1, 0.15) is 55.8 Å². The predicted octanol–water partition coefficient (Wildman–Crippen LogP) is 3.63. The molecule has 1 aliphatic heterocycles. The Morgan fingerprint density at radius 1 is 1.22 bits per heavy atom. The number of ether oxygens (including phenoxy) is 1. The molecule has 2 aliphatic rings. The van der Waals surface area contributed by atoms with Crippen molar-refractivity contribution in [2.24, 2.45) is 5.92 Å². The Morgan fingerprint density at radius 2 is 2.06 bits per heavy atom. The second-order valence-corrected chi connectivity index (χ2v) is 5.69. The van der Waals surface area contributed by atoms with E-state index in [1.54, 1.807) is 0 Å². The maximum Gasteiger partial charge on any atom is 0.128 e. The topological polar surface area (TPSA) is 29.5 Å². The molecular formula is C16H22O2. The van der Waals surface area contributed by atoms with Crippen LogP contribution in [-0.4, -0.2) is 11.7 Å². The number of rotatable bonds is 3. The number of benzene rings is 1. The van der Waals surface area contributed by atoms with Crippen LogP contribution in [0, 0.1) is 5.92 Å². The summed E-state index contributed by atoms with van der Waals surface area (Å²) < 4.78 is 5.78. The molecule has 3 rings (SSSR count). The third-order valence-corrected chi connectivity index (χ3v) is 4.35. The van der Waals surface area contributed by atoms with Gasteiger partial charge in [0.15, 0.2) is 0 Å². The van der Waals surface area contributed by atoms with Crippen LogP contribution in [0.25, 0.3) is 0 Å². The van der Waals surface area contributed by atoms with Crippen molar-refractivity contribution in [2.75, 3.05) is 6.61 Å². The van der Waals surface area contributed by atoms with E-state index in [2.05, 4.69) is 12.1 Å². The molecule has 0 amide bonds. The maximum atomic E-state index is 10.5. The first-order chi connectivity index (χ1) is 8.84. The van der Waals surface area contributed by atoms with Crippen LogP contribution >= 0.6 is 0 Å². The van der Waals surface area contributed by atoms with Gasteiger partial charge in [0.2, 0.25) is 0 Å². The third-order valence-electron chi connectivity index (χ3n) is 4.35. The summed E-state index contributed by atoms with van der Waals surface area (Å²) in [5.41, 5.74) is 2.28. The Balaban J connectivity index is 1.78. The van der Waals surface area contributed by atoms with Crippen LogP contribution in [0.3, 0.4) is 0 Å². The zero-order chi connectivity index (χ0) is 12.4. The van der Waals surface area contributed by atoms with Gasteiger partial charge in [-0.1, -0.05) is 43.9 Å². The van der Waals surface area contributed by atoms with Gasteiger partial charge in [-0.05, 0) is 30.7 Å². The summed E-state index contributed by atoms with van der Waals surface area (Å²) >= 11 is 0. The van der Waals surface area contributed by atoms with Crippen LogP contribution < -0.4 is 4.74 Å². The SMILES string of the molecule is OC(CC1CCCC1)c1cccc2c1OCCC2. The Labute approximate surface area is 109 Å². The molecule has 0 bridgehead atoms. The fourth-order valence-electron chi connectivity index (χ4n) is 3.37. The molecule has 2 heteroatoms. The minimum atomic E-state index is -0.346. The van der Waals surface area contributed by atoms with Gasteiger partial charge in [-0.25, -0.2) is 0 Å². The van der Waals surface area contributed by atoms with Crippen molar-refractivity contribution in [3.63, 3.8) is 0 Å². The van der Waals surface area contributed by atoms with Crippen molar-refractivity contribution in [3.8, 4) is 5.75 Å². The summed E-state index contributed by atoms with van der Waals surface area (Å²) in [6, 6.07) is 6.21. The quantitative estimate of drug-likeness (QED) is 0.882. The van der Waals surface area contributed by atoms with Gasteiger partial charge in [0.05, 0.1) is 12.7 Å². The molecule has 1 N–H and O–H groups in total. The Kier molecular flexibility index (Phi) is 3.55. The highest BCUT2D eigenvalue weighted by atomic mass is 16.5. The number of fused-ring (bicyclic) bond motifs is 1. The highest BCUT2D eigenvalue weighted by Gasteiger charge is 2.24. The first-order valence-corrected chi connectivity index (χ1v) is 7.27. The van der Waals surface area contributed by atoms with Crippen molar-refractivity contribution < 1.29 is 9.84 Å². The van der Waals surface area contributed by atoms with Crippen molar-refractivity contribution in [1.29, 1.82) is 0 Å². The zero-order valence-corrected chi connectivity index (χ0v) is 10.9. The van der Waals surface area contributed by atoms with Crippen LogP contribution in [0.2, 0.25) is 0 Å². The summed E-state index contributed by atoms with van der Waals surface area (Å²) in [5, 5.41) is 10.5. The molecule has 1 atom stereocenters. The molecule has 18 heavy (non-hydrogen) atoms. The van der Waals surface area contributed by atoms with Gasteiger partial charge in [0.1, 0.15) is 5.75 Å². The van der Waals surface area contributed by atoms with Gasteiger partial charge in [-0.15, -0.1) is 0 Å². The van der Waals surface area contributed by atoms with E-state index in [0.29, 0.717) is 5.92 Å². The Bertz CT molecular complexity index is 408. The number of hydrogen-bond donors (Lipinski definition) is 1. The van der Waals surface area contributed by atoms with E-state index in [-0.39, 0.29) is 6.10 Å². The predicted molar refractivity (Wildman–Crippen MR) is 71.8 cm³/mol. The van der Waals surface area contributed by atoms with Crippen molar-refractivity contribution in [3.05, 3.63) is 29.3 Å². The van der Waals surface area contributed by atoms with E-state index in [4.69, 9.17) is 4.74 Å². The van der Waals surface area contributed by atoms with E-state index >= 15 is 0 Å². The number of aliphatic hydroxyl groups is 1. The standard InChI is InChI=1S/C16H22O2/c17-15(11-12-5-1-2-6-12)14-9-3-7-13-8-4-10-18-16(13)14/h3,7,9,12,15,17H,1-2,4-6,8,10-11H2. The van der Waals surface area contributed by atoms with Gasteiger partial charge in [-0.3, -0.25) is 0 Å². The highest BCUT2D eigenvalue weighted by Crippen LogP contribution is 2.38. The number of aliphatic hydroxyl groups excluding tert-OH is 1. The Hall–Kier alpha value is -1.02. The molecule has 1 aliphatic carbocycles.